The van der Waals surface area contributed by atoms with Gasteiger partial charge in [-0.05, 0) is 43.2 Å². The SMILES string of the molecule is CS(=O)(=O)c1cccnc1N1CCC(c2nc3cc(Cl)ccc3o2)CC1. The van der Waals surface area contributed by atoms with E-state index < -0.39 is 9.84 Å². The Hall–Kier alpha value is -2.12. The number of halogens is 1. The van der Waals surface area contributed by atoms with Crippen molar-refractivity contribution in [2.45, 2.75) is 23.7 Å². The van der Waals surface area contributed by atoms with E-state index in [4.69, 9.17) is 16.0 Å². The van der Waals surface area contributed by atoms with E-state index >= 15 is 0 Å². The summed E-state index contributed by atoms with van der Waals surface area (Å²) < 4.78 is 29.9. The first-order valence-corrected chi connectivity index (χ1v) is 10.6. The zero-order valence-corrected chi connectivity index (χ0v) is 15.8. The number of rotatable bonds is 3. The summed E-state index contributed by atoms with van der Waals surface area (Å²) in [6, 6.07) is 8.67. The number of hydrogen-bond acceptors (Lipinski definition) is 6. The van der Waals surface area contributed by atoms with Gasteiger partial charge >= 0.3 is 0 Å². The van der Waals surface area contributed by atoms with Gasteiger partial charge < -0.3 is 9.32 Å². The van der Waals surface area contributed by atoms with E-state index in [1.807, 2.05) is 11.0 Å². The number of fused-ring (bicyclic) bond motifs is 1. The molecule has 1 aliphatic heterocycles. The van der Waals surface area contributed by atoms with E-state index in [0.717, 1.165) is 23.9 Å². The van der Waals surface area contributed by atoms with E-state index in [9.17, 15) is 8.42 Å². The van der Waals surface area contributed by atoms with Crippen molar-refractivity contribution in [1.29, 1.82) is 0 Å². The minimum absolute atomic E-state index is 0.197. The van der Waals surface area contributed by atoms with Crippen molar-refractivity contribution in [2.24, 2.45) is 0 Å². The molecular weight excluding hydrogens is 374 g/mol. The van der Waals surface area contributed by atoms with Crippen LogP contribution in [0.5, 0.6) is 0 Å². The largest absolute Gasteiger partial charge is 0.440 e. The van der Waals surface area contributed by atoms with E-state index in [2.05, 4.69) is 9.97 Å². The maximum Gasteiger partial charge on any atom is 0.198 e. The van der Waals surface area contributed by atoms with Crippen LogP contribution in [0.15, 0.2) is 45.8 Å². The summed E-state index contributed by atoms with van der Waals surface area (Å²) in [6.07, 6.45) is 4.48. The van der Waals surface area contributed by atoms with Crippen molar-refractivity contribution in [3.05, 3.63) is 47.4 Å². The normalized spacial score (nSPS) is 16.3. The van der Waals surface area contributed by atoms with Crippen LogP contribution in [0, 0.1) is 0 Å². The van der Waals surface area contributed by atoms with Crippen molar-refractivity contribution in [3.63, 3.8) is 0 Å². The Kier molecular flexibility index (Phi) is 4.36. The molecule has 2 aromatic heterocycles. The number of anilines is 1. The van der Waals surface area contributed by atoms with E-state index in [-0.39, 0.29) is 10.8 Å². The fourth-order valence-electron chi connectivity index (χ4n) is 3.34. The summed E-state index contributed by atoms with van der Waals surface area (Å²) in [6.45, 7) is 1.40. The quantitative estimate of drug-likeness (QED) is 0.678. The van der Waals surface area contributed by atoms with E-state index in [1.54, 1.807) is 30.5 Å². The average molecular weight is 392 g/mol. The van der Waals surface area contributed by atoms with Gasteiger partial charge in [0.2, 0.25) is 0 Å². The number of nitrogens with zero attached hydrogens (tertiary/aromatic N) is 3. The van der Waals surface area contributed by atoms with Crippen molar-refractivity contribution < 1.29 is 12.8 Å². The van der Waals surface area contributed by atoms with Crippen LogP contribution in [-0.4, -0.2) is 37.7 Å². The van der Waals surface area contributed by atoms with Gasteiger partial charge in [-0.1, -0.05) is 11.6 Å². The number of benzene rings is 1. The zero-order valence-electron chi connectivity index (χ0n) is 14.2. The number of oxazole rings is 1. The molecule has 4 rings (SSSR count). The van der Waals surface area contributed by atoms with E-state index in [1.165, 1.54) is 6.26 Å². The van der Waals surface area contributed by atoms with Crippen LogP contribution in [0.25, 0.3) is 11.1 Å². The molecule has 26 heavy (non-hydrogen) atoms. The number of pyridine rings is 1. The lowest BCUT2D eigenvalue weighted by atomic mass is 9.97. The molecule has 1 saturated heterocycles. The summed E-state index contributed by atoms with van der Waals surface area (Å²) in [7, 11) is -3.32. The van der Waals surface area contributed by atoms with Gasteiger partial charge in [-0.25, -0.2) is 18.4 Å². The molecule has 6 nitrogen and oxygen atoms in total. The Morgan fingerprint density at radius 1 is 1.23 bits per heavy atom. The predicted octanol–water partition coefficient (Wildman–Crippen LogP) is 3.66. The first kappa shape index (κ1) is 17.3. The monoisotopic (exact) mass is 391 g/mol. The van der Waals surface area contributed by atoms with Crippen LogP contribution < -0.4 is 4.90 Å². The molecule has 0 saturated carbocycles. The first-order chi connectivity index (χ1) is 12.4. The van der Waals surface area contributed by atoms with Crippen molar-refractivity contribution in [2.75, 3.05) is 24.2 Å². The predicted molar refractivity (Wildman–Crippen MR) is 101 cm³/mol. The first-order valence-electron chi connectivity index (χ1n) is 8.38. The van der Waals surface area contributed by atoms with Crippen molar-refractivity contribution >= 4 is 38.4 Å². The Morgan fingerprint density at radius 3 is 2.73 bits per heavy atom. The fourth-order valence-corrected chi connectivity index (χ4v) is 4.35. The van der Waals surface area contributed by atoms with Crippen molar-refractivity contribution in [1.82, 2.24) is 9.97 Å². The summed E-state index contributed by atoms with van der Waals surface area (Å²) in [4.78, 5) is 11.2. The smallest absolute Gasteiger partial charge is 0.198 e. The van der Waals surface area contributed by atoms with Gasteiger partial charge in [-0.15, -0.1) is 0 Å². The highest BCUT2D eigenvalue weighted by Gasteiger charge is 2.28. The molecule has 0 N–H and O–H groups in total. The minimum atomic E-state index is -3.32. The highest BCUT2D eigenvalue weighted by molar-refractivity contribution is 7.90. The summed E-state index contributed by atoms with van der Waals surface area (Å²) in [5.74, 6) is 1.44. The third-order valence-electron chi connectivity index (χ3n) is 4.66. The number of sulfone groups is 1. The lowest BCUT2D eigenvalue weighted by Crippen LogP contribution is -2.34. The van der Waals surface area contributed by atoms with Gasteiger partial charge in [0.25, 0.3) is 0 Å². The number of aromatic nitrogens is 2. The molecule has 0 radical (unpaired) electrons. The van der Waals surface area contributed by atoms with Gasteiger partial charge in [0.15, 0.2) is 21.3 Å². The van der Waals surface area contributed by atoms with Crippen LogP contribution in [0.1, 0.15) is 24.7 Å². The van der Waals surface area contributed by atoms with Gasteiger partial charge in [0.1, 0.15) is 16.2 Å². The summed E-state index contributed by atoms with van der Waals surface area (Å²) in [5.41, 5.74) is 1.50. The topological polar surface area (TPSA) is 76.3 Å². The number of piperidine rings is 1. The van der Waals surface area contributed by atoms with Gasteiger partial charge in [0, 0.05) is 36.5 Å². The second-order valence-electron chi connectivity index (χ2n) is 6.52. The fraction of sp³-hybridized carbons (Fsp3) is 0.333. The molecule has 0 atom stereocenters. The highest BCUT2D eigenvalue weighted by Crippen LogP contribution is 2.33. The maximum atomic E-state index is 12.0. The minimum Gasteiger partial charge on any atom is -0.440 e. The zero-order chi connectivity index (χ0) is 18.3. The Bertz CT molecular complexity index is 1060. The second kappa shape index (κ2) is 6.55. The van der Waals surface area contributed by atoms with E-state index in [0.29, 0.717) is 29.8 Å². The summed E-state index contributed by atoms with van der Waals surface area (Å²) >= 11 is 6.01. The molecule has 3 heterocycles. The third kappa shape index (κ3) is 3.29. The third-order valence-corrected chi connectivity index (χ3v) is 6.01. The molecular formula is C18H18ClN3O3S. The molecule has 1 aliphatic rings. The van der Waals surface area contributed by atoms with Crippen molar-refractivity contribution in [3.8, 4) is 0 Å². The standard InChI is InChI=1S/C18H18ClN3O3S/c1-26(23,24)16-3-2-8-20-17(16)22-9-6-12(7-10-22)18-21-14-11-13(19)4-5-15(14)25-18/h2-5,8,11-12H,6-7,9-10H2,1H3. The van der Waals surface area contributed by atoms with Crippen LogP contribution in [0.2, 0.25) is 5.02 Å². The molecule has 1 fully saturated rings. The molecule has 3 aromatic rings. The van der Waals surface area contributed by atoms with Crippen LogP contribution >= 0.6 is 11.6 Å². The molecule has 0 spiro atoms. The molecule has 1 aromatic carbocycles. The molecule has 0 bridgehead atoms. The second-order valence-corrected chi connectivity index (χ2v) is 8.94. The van der Waals surface area contributed by atoms with Crippen LogP contribution in [0.4, 0.5) is 5.82 Å². The lowest BCUT2D eigenvalue weighted by Gasteiger charge is -2.32. The lowest BCUT2D eigenvalue weighted by molar-refractivity contribution is 0.405. The maximum absolute atomic E-state index is 12.0. The van der Waals surface area contributed by atoms with Gasteiger partial charge in [-0.3, -0.25) is 0 Å². The van der Waals surface area contributed by atoms with Crippen LogP contribution in [-0.2, 0) is 9.84 Å². The summed E-state index contributed by atoms with van der Waals surface area (Å²) in [5, 5.41) is 0.635. The van der Waals surface area contributed by atoms with Gasteiger partial charge in [0.05, 0.1) is 0 Å². The molecule has 0 amide bonds. The Balaban J connectivity index is 1.54. The molecule has 0 aliphatic carbocycles. The van der Waals surface area contributed by atoms with Gasteiger partial charge in [-0.2, -0.15) is 0 Å². The molecule has 0 unspecified atom stereocenters. The highest BCUT2D eigenvalue weighted by atomic mass is 35.5. The van der Waals surface area contributed by atoms with Crippen LogP contribution in [0.3, 0.4) is 0 Å². The molecule has 8 heteroatoms. The number of hydrogen-bond donors (Lipinski definition) is 0. The Morgan fingerprint density at radius 2 is 2.00 bits per heavy atom. The Labute approximate surface area is 156 Å². The average Bonchev–Trinajstić information content (AvgIpc) is 3.04. The molecule has 136 valence electrons.